The Labute approximate surface area is 112 Å². The first kappa shape index (κ1) is 15.4. The van der Waals surface area contributed by atoms with E-state index in [0.717, 1.165) is 13.1 Å². The number of hydrogen-bond acceptors (Lipinski definition) is 3. The molecule has 1 unspecified atom stereocenters. The van der Waals surface area contributed by atoms with Crippen LogP contribution in [-0.2, 0) is 4.79 Å². The number of rotatable bonds is 4. The van der Waals surface area contributed by atoms with Crippen molar-refractivity contribution in [1.82, 2.24) is 15.1 Å². The summed E-state index contributed by atoms with van der Waals surface area (Å²) in [5.41, 5.74) is 0.147. The van der Waals surface area contributed by atoms with Crippen molar-refractivity contribution >= 4 is 5.91 Å². The Morgan fingerprint density at radius 1 is 1.33 bits per heavy atom. The SMILES string of the molecule is CN(C)C(=O)CN1CCCCC1CNC(C)(C)C. The average molecular weight is 255 g/mol. The van der Waals surface area contributed by atoms with Gasteiger partial charge in [-0.1, -0.05) is 6.42 Å². The van der Waals surface area contributed by atoms with Crippen molar-refractivity contribution in [2.75, 3.05) is 33.7 Å². The summed E-state index contributed by atoms with van der Waals surface area (Å²) in [4.78, 5) is 15.8. The second kappa shape index (κ2) is 6.53. The maximum absolute atomic E-state index is 11.8. The molecule has 1 rings (SSSR count). The van der Waals surface area contributed by atoms with E-state index in [-0.39, 0.29) is 11.4 Å². The minimum atomic E-state index is 0.147. The van der Waals surface area contributed by atoms with E-state index < -0.39 is 0 Å². The highest BCUT2D eigenvalue weighted by Gasteiger charge is 2.25. The molecule has 0 aromatic carbocycles. The molecule has 1 aliphatic rings. The first-order chi connectivity index (χ1) is 8.29. The molecule has 4 nitrogen and oxygen atoms in total. The van der Waals surface area contributed by atoms with E-state index in [4.69, 9.17) is 0 Å². The third-order valence-corrected chi connectivity index (χ3v) is 3.45. The molecule has 1 aliphatic heterocycles. The maximum atomic E-state index is 11.8. The van der Waals surface area contributed by atoms with Crippen molar-refractivity contribution in [3.8, 4) is 0 Å². The van der Waals surface area contributed by atoms with Gasteiger partial charge in [0.2, 0.25) is 5.91 Å². The number of carbonyl (C=O) groups is 1. The lowest BCUT2D eigenvalue weighted by molar-refractivity contribution is -0.130. The van der Waals surface area contributed by atoms with Crippen LogP contribution in [0.5, 0.6) is 0 Å². The van der Waals surface area contributed by atoms with E-state index in [1.54, 1.807) is 4.90 Å². The first-order valence-corrected chi connectivity index (χ1v) is 6.99. The molecule has 106 valence electrons. The van der Waals surface area contributed by atoms with Crippen molar-refractivity contribution in [2.24, 2.45) is 0 Å². The molecule has 18 heavy (non-hydrogen) atoms. The Balaban J connectivity index is 2.49. The Kier molecular flexibility index (Phi) is 5.60. The van der Waals surface area contributed by atoms with Gasteiger partial charge in [-0.25, -0.2) is 0 Å². The summed E-state index contributed by atoms with van der Waals surface area (Å²) in [5, 5.41) is 3.56. The van der Waals surface area contributed by atoms with Crippen LogP contribution in [0, 0.1) is 0 Å². The number of carbonyl (C=O) groups excluding carboxylic acids is 1. The highest BCUT2D eigenvalue weighted by Crippen LogP contribution is 2.17. The van der Waals surface area contributed by atoms with Gasteiger partial charge in [0.1, 0.15) is 0 Å². The molecule has 1 N–H and O–H groups in total. The van der Waals surface area contributed by atoms with E-state index in [1.807, 2.05) is 14.1 Å². The number of likely N-dealkylation sites (N-methyl/N-ethyl adjacent to an activating group) is 1. The van der Waals surface area contributed by atoms with E-state index >= 15 is 0 Å². The van der Waals surface area contributed by atoms with Crippen LogP contribution in [0.15, 0.2) is 0 Å². The lowest BCUT2D eigenvalue weighted by Gasteiger charge is -2.37. The summed E-state index contributed by atoms with van der Waals surface area (Å²) in [6, 6.07) is 0.502. The van der Waals surface area contributed by atoms with Gasteiger partial charge in [0.15, 0.2) is 0 Å². The third-order valence-electron chi connectivity index (χ3n) is 3.45. The highest BCUT2D eigenvalue weighted by atomic mass is 16.2. The molecular formula is C14H29N3O. The second-order valence-electron chi connectivity index (χ2n) is 6.54. The number of piperidine rings is 1. The third kappa shape index (κ3) is 5.36. The fraction of sp³-hybridized carbons (Fsp3) is 0.929. The first-order valence-electron chi connectivity index (χ1n) is 6.99. The fourth-order valence-electron chi connectivity index (χ4n) is 2.24. The van der Waals surface area contributed by atoms with E-state index in [0.29, 0.717) is 12.6 Å². The molecule has 4 heteroatoms. The zero-order valence-electron chi connectivity index (χ0n) is 12.6. The van der Waals surface area contributed by atoms with Gasteiger partial charge in [0.05, 0.1) is 6.54 Å². The minimum Gasteiger partial charge on any atom is -0.348 e. The van der Waals surface area contributed by atoms with Crippen LogP contribution in [0.25, 0.3) is 0 Å². The smallest absolute Gasteiger partial charge is 0.236 e. The standard InChI is InChI=1S/C14H29N3O/c1-14(2,3)15-10-12-8-6-7-9-17(12)11-13(18)16(4)5/h12,15H,6-11H2,1-5H3. The quantitative estimate of drug-likeness (QED) is 0.823. The largest absolute Gasteiger partial charge is 0.348 e. The van der Waals surface area contributed by atoms with Crippen LogP contribution in [-0.4, -0.2) is 61.0 Å². The van der Waals surface area contributed by atoms with Crippen LogP contribution in [0.1, 0.15) is 40.0 Å². The van der Waals surface area contributed by atoms with Crippen molar-refractivity contribution in [1.29, 1.82) is 0 Å². The molecule has 0 spiro atoms. The van der Waals surface area contributed by atoms with E-state index in [1.165, 1.54) is 19.3 Å². The van der Waals surface area contributed by atoms with Gasteiger partial charge in [0.25, 0.3) is 0 Å². The molecule has 1 heterocycles. The number of hydrogen-bond donors (Lipinski definition) is 1. The molecule has 0 radical (unpaired) electrons. The molecule has 0 saturated carbocycles. The Morgan fingerprint density at radius 3 is 2.56 bits per heavy atom. The topological polar surface area (TPSA) is 35.6 Å². The monoisotopic (exact) mass is 255 g/mol. The lowest BCUT2D eigenvalue weighted by Crippen LogP contribution is -2.52. The Hall–Kier alpha value is -0.610. The predicted octanol–water partition coefficient (Wildman–Crippen LogP) is 1.32. The number of nitrogens with zero attached hydrogens (tertiary/aromatic N) is 2. The molecule has 1 atom stereocenters. The zero-order chi connectivity index (χ0) is 13.8. The van der Waals surface area contributed by atoms with Gasteiger partial charge in [0, 0.05) is 32.2 Å². The van der Waals surface area contributed by atoms with Crippen molar-refractivity contribution in [3.05, 3.63) is 0 Å². The molecule has 0 bridgehead atoms. The van der Waals surface area contributed by atoms with Gasteiger partial charge in [-0.05, 0) is 40.2 Å². The van der Waals surface area contributed by atoms with Gasteiger partial charge < -0.3 is 10.2 Å². The van der Waals surface area contributed by atoms with Crippen LogP contribution < -0.4 is 5.32 Å². The molecule has 0 aromatic rings. The van der Waals surface area contributed by atoms with Gasteiger partial charge in [-0.3, -0.25) is 9.69 Å². The van der Waals surface area contributed by atoms with Crippen molar-refractivity contribution in [2.45, 2.75) is 51.6 Å². The van der Waals surface area contributed by atoms with Crippen LogP contribution in [0.2, 0.25) is 0 Å². The molecule has 0 aromatic heterocycles. The van der Waals surface area contributed by atoms with Gasteiger partial charge >= 0.3 is 0 Å². The predicted molar refractivity (Wildman–Crippen MR) is 75.7 cm³/mol. The molecule has 1 saturated heterocycles. The summed E-state index contributed by atoms with van der Waals surface area (Å²) in [6.07, 6.45) is 3.69. The summed E-state index contributed by atoms with van der Waals surface area (Å²) in [7, 11) is 3.66. The second-order valence-corrected chi connectivity index (χ2v) is 6.54. The van der Waals surface area contributed by atoms with Crippen LogP contribution in [0.4, 0.5) is 0 Å². The number of nitrogens with one attached hydrogen (secondary N) is 1. The number of amides is 1. The summed E-state index contributed by atoms with van der Waals surface area (Å²) < 4.78 is 0. The van der Waals surface area contributed by atoms with Gasteiger partial charge in [-0.15, -0.1) is 0 Å². The fourth-order valence-corrected chi connectivity index (χ4v) is 2.24. The normalized spacial score (nSPS) is 21.9. The van der Waals surface area contributed by atoms with E-state index in [2.05, 4.69) is 31.0 Å². The molecular weight excluding hydrogens is 226 g/mol. The maximum Gasteiger partial charge on any atom is 0.236 e. The molecule has 1 fully saturated rings. The Morgan fingerprint density at radius 2 is 2.00 bits per heavy atom. The van der Waals surface area contributed by atoms with E-state index in [9.17, 15) is 4.79 Å². The molecule has 1 amide bonds. The molecule has 0 aliphatic carbocycles. The minimum absolute atomic E-state index is 0.147. The zero-order valence-corrected chi connectivity index (χ0v) is 12.6. The Bertz CT molecular complexity index is 271. The summed E-state index contributed by atoms with van der Waals surface area (Å²) in [6.45, 7) is 9.14. The lowest BCUT2D eigenvalue weighted by atomic mass is 10.0. The van der Waals surface area contributed by atoms with Gasteiger partial charge in [-0.2, -0.15) is 0 Å². The average Bonchev–Trinajstić information content (AvgIpc) is 2.26. The number of likely N-dealkylation sites (tertiary alicyclic amines) is 1. The van der Waals surface area contributed by atoms with Crippen molar-refractivity contribution < 1.29 is 4.79 Å². The summed E-state index contributed by atoms with van der Waals surface area (Å²) >= 11 is 0. The highest BCUT2D eigenvalue weighted by molar-refractivity contribution is 5.77. The summed E-state index contributed by atoms with van der Waals surface area (Å²) in [5.74, 6) is 0.206. The van der Waals surface area contributed by atoms with Crippen LogP contribution >= 0.6 is 0 Å². The van der Waals surface area contributed by atoms with Crippen LogP contribution in [0.3, 0.4) is 0 Å². The van der Waals surface area contributed by atoms with Crippen molar-refractivity contribution in [3.63, 3.8) is 0 Å².